The Balaban J connectivity index is 1.82. The van der Waals surface area contributed by atoms with E-state index in [9.17, 15) is 5.11 Å². The van der Waals surface area contributed by atoms with Gasteiger partial charge < -0.3 is 9.67 Å². The highest BCUT2D eigenvalue weighted by Crippen LogP contribution is 2.27. The first-order chi connectivity index (χ1) is 11.9. The van der Waals surface area contributed by atoms with Gasteiger partial charge in [-0.25, -0.2) is 15.0 Å². The molecule has 24 heavy (non-hydrogen) atoms. The minimum atomic E-state index is -0.0353. The first-order valence-corrected chi connectivity index (χ1v) is 7.75. The Morgan fingerprint density at radius 2 is 1.67 bits per heavy atom. The molecule has 4 aromatic rings. The number of benzene rings is 2. The van der Waals surface area contributed by atoms with Gasteiger partial charge in [0.2, 0.25) is 0 Å². The van der Waals surface area contributed by atoms with Crippen molar-refractivity contribution in [2.75, 3.05) is 0 Å². The first-order valence-electron chi connectivity index (χ1n) is 7.75. The van der Waals surface area contributed by atoms with E-state index in [1.807, 2.05) is 47.0 Å². The van der Waals surface area contributed by atoms with Crippen LogP contribution in [-0.2, 0) is 13.2 Å². The van der Waals surface area contributed by atoms with E-state index in [-0.39, 0.29) is 6.61 Å². The molecule has 0 aliphatic heterocycles. The highest BCUT2D eigenvalue weighted by Gasteiger charge is 2.14. The number of aliphatic hydroxyl groups is 1. The fourth-order valence-corrected chi connectivity index (χ4v) is 2.86. The Morgan fingerprint density at radius 3 is 2.50 bits per heavy atom. The van der Waals surface area contributed by atoms with Crippen LogP contribution in [0.4, 0.5) is 0 Å². The molecule has 0 radical (unpaired) electrons. The van der Waals surface area contributed by atoms with Crippen LogP contribution >= 0.6 is 0 Å². The summed E-state index contributed by atoms with van der Waals surface area (Å²) in [6.45, 7) is 0.668. The van der Waals surface area contributed by atoms with E-state index in [2.05, 4.69) is 27.1 Å². The average molecular weight is 316 g/mol. The van der Waals surface area contributed by atoms with Gasteiger partial charge in [0.25, 0.3) is 0 Å². The number of aromatic nitrogens is 4. The van der Waals surface area contributed by atoms with Crippen molar-refractivity contribution in [3.05, 3.63) is 78.4 Å². The molecule has 0 aliphatic rings. The maximum Gasteiger partial charge on any atom is 0.164 e. The standard InChI is InChI=1S/C19H16N4O/c24-11-15-8-4-5-9-16(15)17-18-19(21-12-20-17)23(13-22-18)10-14-6-2-1-3-7-14/h1-9,12-13,24H,10-11H2. The minimum Gasteiger partial charge on any atom is -0.392 e. The number of rotatable bonds is 4. The number of aliphatic hydroxyl groups excluding tert-OH is 1. The zero-order valence-corrected chi connectivity index (χ0v) is 13.0. The molecule has 0 atom stereocenters. The number of nitrogens with zero attached hydrogens (tertiary/aromatic N) is 4. The smallest absolute Gasteiger partial charge is 0.164 e. The summed E-state index contributed by atoms with van der Waals surface area (Å²) in [6, 6.07) is 17.9. The number of hydrogen-bond acceptors (Lipinski definition) is 4. The molecule has 0 bridgehead atoms. The maximum absolute atomic E-state index is 9.58. The van der Waals surface area contributed by atoms with Crippen LogP contribution in [0.2, 0.25) is 0 Å². The quantitative estimate of drug-likeness (QED) is 0.628. The monoisotopic (exact) mass is 316 g/mol. The van der Waals surface area contributed by atoms with E-state index in [0.29, 0.717) is 6.54 Å². The summed E-state index contributed by atoms with van der Waals surface area (Å²) in [4.78, 5) is 13.3. The lowest BCUT2D eigenvalue weighted by Crippen LogP contribution is -2.00. The minimum absolute atomic E-state index is 0.0353. The fraction of sp³-hybridized carbons (Fsp3) is 0.105. The molecule has 4 rings (SSSR count). The Bertz CT molecular complexity index is 979. The first kappa shape index (κ1) is 14.5. The van der Waals surface area contributed by atoms with Crippen molar-refractivity contribution in [3.63, 3.8) is 0 Å². The summed E-state index contributed by atoms with van der Waals surface area (Å²) in [7, 11) is 0. The van der Waals surface area contributed by atoms with E-state index in [1.54, 1.807) is 12.7 Å². The van der Waals surface area contributed by atoms with Gasteiger partial charge in [0.1, 0.15) is 17.5 Å². The molecule has 2 aromatic heterocycles. The zero-order chi connectivity index (χ0) is 16.4. The molecule has 2 aromatic carbocycles. The van der Waals surface area contributed by atoms with Crippen molar-refractivity contribution in [2.24, 2.45) is 0 Å². The third-order valence-electron chi connectivity index (χ3n) is 4.04. The van der Waals surface area contributed by atoms with Crippen molar-refractivity contribution >= 4 is 11.2 Å². The molecule has 5 heteroatoms. The van der Waals surface area contributed by atoms with Gasteiger partial charge in [0, 0.05) is 5.56 Å². The van der Waals surface area contributed by atoms with Crippen LogP contribution in [-0.4, -0.2) is 24.6 Å². The fourth-order valence-electron chi connectivity index (χ4n) is 2.86. The Morgan fingerprint density at radius 1 is 0.875 bits per heavy atom. The van der Waals surface area contributed by atoms with E-state index >= 15 is 0 Å². The van der Waals surface area contributed by atoms with Gasteiger partial charge in [-0.1, -0.05) is 54.6 Å². The second kappa shape index (κ2) is 6.22. The maximum atomic E-state index is 9.58. The molecule has 0 saturated carbocycles. The number of imidazole rings is 1. The molecule has 118 valence electrons. The molecule has 5 nitrogen and oxygen atoms in total. The van der Waals surface area contributed by atoms with Gasteiger partial charge in [0.15, 0.2) is 5.65 Å². The van der Waals surface area contributed by atoms with Crippen molar-refractivity contribution < 1.29 is 5.11 Å². The molecule has 1 N–H and O–H groups in total. The lowest BCUT2D eigenvalue weighted by atomic mass is 10.0. The van der Waals surface area contributed by atoms with Gasteiger partial charge in [0.05, 0.1) is 19.5 Å². The second-order valence-corrected chi connectivity index (χ2v) is 5.57. The Hall–Kier alpha value is -3.05. The van der Waals surface area contributed by atoms with Crippen molar-refractivity contribution in [2.45, 2.75) is 13.2 Å². The van der Waals surface area contributed by atoms with E-state index in [0.717, 1.165) is 28.0 Å². The van der Waals surface area contributed by atoms with Gasteiger partial charge >= 0.3 is 0 Å². The topological polar surface area (TPSA) is 63.8 Å². The summed E-state index contributed by atoms with van der Waals surface area (Å²) in [5.41, 5.74) is 5.18. The van der Waals surface area contributed by atoms with Crippen LogP contribution in [0.25, 0.3) is 22.4 Å². The summed E-state index contributed by atoms with van der Waals surface area (Å²) in [5.74, 6) is 0. The predicted octanol–water partition coefficient (Wildman–Crippen LogP) is 3.03. The van der Waals surface area contributed by atoms with E-state index in [1.165, 1.54) is 5.56 Å². The molecular weight excluding hydrogens is 300 g/mol. The lowest BCUT2D eigenvalue weighted by molar-refractivity contribution is 0.282. The number of fused-ring (bicyclic) bond motifs is 1. The summed E-state index contributed by atoms with van der Waals surface area (Å²) in [5, 5.41) is 9.58. The van der Waals surface area contributed by atoms with Crippen molar-refractivity contribution in [1.29, 1.82) is 0 Å². The van der Waals surface area contributed by atoms with Crippen LogP contribution in [0, 0.1) is 0 Å². The predicted molar refractivity (Wildman–Crippen MR) is 92.2 cm³/mol. The van der Waals surface area contributed by atoms with E-state index < -0.39 is 0 Å². The Labute approximate surface area is 139 Å². The largest absolute Gasteiger partial charge is 0.392 e. The third kappa shape index (κ3) is 2.55. The van der Waals surface area contributed by atoms with Crippen LogP contribution in [0.5, 0.6) is 0 Å². The highest BCUT2D eigenvalue weighted by molar-refractivity contribution is 5.88. The SMILES string of the molecule is OCc1ccccc1-c1ncnc2c1ncn2Cc1ccccc1. The van der Waals surface area contributed by atoms with E-state index in [4.69, 9.17) is 0 Å². The third-order valence-corrected chi connectivity index (χ3v) is 4.04. The summed E-state index contributed by atoms with van der Waals surface area (Å²) >= 11 is 0. The number of hydrogen-bond donors (Lipinski definition) is 1. The molecule has 2 heterocycles. The summed E-state index contributed by atoms with van der Waals surface area (Å²) in [6.07, 6.45) is 3.34. The summed E-state index contributed by atoms with van der Waals surface area (Å²) < 4.78 is 2.01. The lowest BCUT2D eigenvalue weighted by Gasteiger charge is -2.07. The van der Waals surface area contributed by atoms with Crippen LogP contribution in [0.1, 0.15) is 11.1 Å². The second-order valence-electron chi connectivity index (χ2n) is 5.57. The van der Waals surface area contributed by atoms with Gasteiger partial charge in [-0.2, -0.15) is 0 Å². The van der Waals surface area contributed by atoms with Crippen LogP contribution in [0.15, 0.2) is 67.3 Å². The highest BCUT2D eigenvalue weighted by atomic mass is 16.3. The van der Waals surface area contributed by atoms with Gasteiger partial charge in [-0.05, 0) is 11.1 Å². The average Bonchev–Trinajstić information content (AvgIpc) is 3.05. The van der Waals surface area contributed by atoms with Gasteiger partial charge in [-0.3, -0.25) is 0 Å². The molecular formula is C19H16N4O. The molecule has 0 fully saturated rings. The molecule has 0 spiro atoms. The molecule has 0 saturated heterocycles. The van der Waals surface area contributed by atoms with Crippen LogP contribution in [0.3, 0.4) is 0 Å². The van der Waals surface area contributed by atoms with Gasteiger partial charge in [-0.15, -0.1) is 0 Å². The molecule has 0 aliphatic carbocycles. The zero-order valence-electron chi connectivity index (χ0n) is 13.0. The Kier molecular flexibility index (Phi) is 3.76. The molecule has 0 unspecified atom stereocenters. The normalized spacial score (nSPS) is 11.0. The molecule has 0 amide bonds. The van der Waals surface area contributed by atoms with Crippen LogP contribution < -0.4 is 0 Å². The van der Waals surface area contributed by atoms with Crippen molar-refractivity contribution in [3.8, 4) is 11.3 Å². The van der Waals surface area contributed by atoms with Crippen molar-refractivity contribution in [1.82, 2.24) is 19.5 Å².